The Bertz CT molecular complexity index is 990. The number of aryl methyl sites for hydroxylation is 2. The Labute approximate surface area is 157 Å². The van der Waals surface area contributed by atoms with Gasteiger partial charge in [0, 0.05) is 17.4 Å². The Morgan fingerprint density at radius 3 is 2.15 bits per heavy atom. The molecule has 3 aromatic rings. The molecule has 138 valence electrons. The van der Waals surface area contributed by atoms with Crippen molar-refractivity contribution < 1.29 is 9.47 Å². The van der Waals surface area contributed by atoms with Gasteiger partial charge in [-0.3, -0.25) is 0 Å². The first-order chi connectivity index (χ1) is 13.1. The Morgan fingerprint density at radius 2 is 1.44 bits per heavy atom. The number of benzene rings is 2. The van der Waals surface area contributed by atoms with Gasteiger partial charge in [0.2, 0.25) is 0 Å². The highest BCUT2D eigenvalue weighted by molar-refractivity contribution is 5.80. The predicted molar refractivity (Wildman–Crippen MR) is 106 cm³/mol. The van der Waals surface area contributed by atoms with Crippen molar-refractivity contribution in [2.75, 3.05) is 29.6 Å². The molecule has 2 heterocycles. The summed E-state index contributed by atoms with van der Waals surface area (Å²) in [6.45, 7) is 5.24. The zero-order chi connectivity index (χ0) is 18.8. The minimum Gasteiger partial charge on any atom is -0.486 e. The fraction of sp³-hybridized carbons (Fsp3) is 0.200. The molecule has 0 saturated heterocycles. The number of aromatic nitrogens is 2. The number of hydrogen-bond acceptors (Lipinski definition) is 7. The van der Waals surface area contributed by atoms with Gasteiger partial charge in [0.25, 0.3) is 0 Å². The van der Waals surface area contributed by atoms with E-state index in [0.717, 1.165) is 17.1 Å². The summed E-state index contributed by atoms with van der Waals surface area (Å²) in [5, 5.41) is 6.47. The van der Waals surface area contributed by atoms with Crippen molar-refractivity contribution in [1.82, 2.24) is 9.97 Å². The third-order valence-electron chi connectivity index (χ3n) is 4.46. The summed E-state index contributed by atoms with van der Waals surface area (Å²) in [6.07, 6.45) is 1.47. The van der Waals surface area contributed by atoms with Crippen LogP contribution in [0.5, 0.6) is 11.5 Å². The number of ether oxygens (including phenoxy) is 2. The first-order valence-electron chi connectivity index (χ1n) is 8.71. The number of nitrogens with zero attached hydrogens (tertiary/aromatic N) is 2. The van der Waals surface area contributed by atoms with Crippen LogP contribution in [0.3, 0.4) is 0 Å². The van der Waals surface area contributed by atoms with E-state index in [1.54, 1.807) is 0 Å². The van der Waals surface area contributed by atoms with E-state index in [2.05, 4.69) is 46.6 Å². The van der Waals surface area contributed by atoms with Gasteiger partial charge in [-0.05, 0) is 49.2 Å². The lowest BCUT2D eigenvalue weighted by atomic mass is 10.1. The minimum absolute atomic E-state index is 0.436. The summed E-state index contributed by atoms with van der Waals surface area (Å²) < 4.78 is 11.2. The Kier molecular flexibility index (Phi) is 4.42. The monoisotopic (exact) mass is 363 g/mol. The standard InChI is InChI=1S/C20H21N5O2/c1-12-3-4-14(9-13(12)2)24-19-18(21)20(23-11-22-19)25-15-5-6-16-17(10-15)27-8-7-26-16/h3-6,9-11H,7-8,21H2,1-2H3,(H2,22,23,24,25). The zero-order valence-corrected chi connectivity index (χ0v) is 15.2. The van der Waals surface area contributed by atoms with Gasteiger partial charge in [-0.25, -0.2) is 9.97 Å². The highest BCUT2D eigenvalue weighted by atomic mass is 16.6. The van der Waals surface area contributed by atoms with Gasteiger partial charge < -0.3 is 25.8 Å². The van der Waals surface area contributed by atoms with E-state index in [0.29, 0.717) is 36.3 Å². The van der Waals surface area contributed by atoms with Crippen LogP contribution < -0.4 is 25.8 Å². The fourth-order valence-electron chi connectivity index (χ4n) is 2.81. The second kappa shape index (κ2) is 7.03. The van der Waals surface area contributed by atoms with E-state index in [-0.39, 0.29) is 0 Å². The number of fused-ring (bicyclic) bond motifs is 1. The van der Waals surface area contributed by atoms with Crippen molar-refractivity contribution >= 4 is 28.7 Å². The molecule has 0 radical (unpaired) electrons. The Hall–Kier alpha value is -3.48. The molecule has 0 aliphatic carbocycles. The molecule has 0 amide bonds. The van der Waals surface area contributed by atoms with Crippen molar-refractivity contribution in [2.24, 2.45) is 0 Å². The molecule has 1 aromatic heterocycles. The van der Waals surface area contributed by atoms with Gasteiger partial charge >= 0.3 is 0 Å². The molecule has 1 aliphatic rings. The Balaban J connectivity index is 1.57. The average Bonchev–Trinajstić information content (AvgIpc) is 2.68. The molecule has 0 unspecified atom stereocenters. The molecule has 4 N–H and O–H groups in total. The van der Waals surface area contributed by atoms with Gasteiger partial charge in [0.05, 0.1) is 0 Å². The highest BCUT2D eigenvalue weighted by Gasteiger charge is 2.14. The molecule has 2 aromatic carbocycles. The van der Waals surface area contributed by atoms with Gasteiger partial charge in [0.1, 0.15) is 25.2 Å². The largest absolute Gasteiger partial charge is 0.486 e. The fourth-order valence-corrected chi connectivity index (χ4v) is 2.81. The van der Waals surface area contributed by atoms with Crippen molar-refractivity contribution in [3.05, 3.63) is 53.9 Å². The van der Waals surface area contributed by atoms with E-state index in [9.17, 15) is 0 Å². The van der Waals surface area contributed by atoms with Crippen LogP contribution in [-0.4, -0.2) is 23.2 Å². The van der Waals surface area contributed by atoms with E-state index >= 15 is 0 Å². The number of anilines is 5. The molecule has 1 aliphatic heterocycles. The van der Waals surface area contributed by atoms with E-state index < -0.39 is 0 Å². The topological polar surface area (TPSA) is 94.3 Å². The summed E-state index contributed by atoms with van der Waals surface area (Å²) in [4.78, 5) is 8.53. The number of nitrogen functional groups attached to an aromatic ring is 1. The van der Waals surface area contributed by atoms with Crippen molar-refractivity contribution in [1.29, 1.82) is 0 Å². The predicted octanol–water partition coefficient (Wildman–Crippen LogP) is 3.93. The van der Waals surface area contributed by atoms with E-state index in [4.69, 9.17) is 15.2 Å². The number of rotatable bonds is 4. The van der Waals surface area contributed by atoms with Crippen LogP contribution in [0.4, 0.5) is 28.7 Å². The quantitative estimate of drug-likeness (QED) is 0.646. The molecule has 7 nitrogen and oxygen atoms in total. The van der Waals surface area contributed by atoms with Gasteiger partial charge in [-0.15, -0.1) is 0 Å². The van der Waals surface area contributed by atoms with Crippen LogP contribution in [0.15, 0.2) is 42.7 Å². The summed E-state index contributed by atoms with van der Waals surface area (Å²) in [7, 11) is 0. The third kappa shape index (κ3) is 3.57. The molecular weight excluding hydrogens is 342 g/mol. The summed E-state index contributed by atoms with van der Waals surface area (Å²) in [6, 6.07) is 11.7. The van der Waals surface area contributed by atoms with Crippen LogP contribution in [0.25, 0.3) is 0 Å². The smallest absolute Gasteiger partial charge is 0.163 e. The lowest BCUT2D eigenvalue weighted by Crippen LogP contribution is -2.15. The van der Waals surface area contributed by atoms with Gasteiger partial charge in [-0.2, -0.15) is 0 Å². The number of nitrogens with two attached hydrogens (primary N) is 1. The zero-order valence-electron chi connectivity index (χ0n) is 15.2. The van der Waals surface area contributed by atoms with Gasteiger partial charge in [0.15, 0.2) is 23.1 Å². The maximum absolute atomic E-state index is 6.28. The lowest BCUT2D eigenvalue weighted by molar-refractivity contribution is 0.171. The summed E-state index contributed by atoms with van der Waals surface area (Å²) in [5.74, 6) is 2.51. The molecule has 7 heteroatoms. The molecule has 27 heavy (non-hydrogen) atoms. The second-order valence-corrected chi connectivity index (χ2v) is 6.39. The maximum atomic E-state index is 6.28. The molecule has 0 atom stereocenters. The van der Waals surface area contributed by atoms with Crippen LogP contribution in [0.1, 0.15) is 11.1 Å². The summed E-state index contributed by atoms with van der Waals surface area (Å²) in [5.41, 5.74) is 10.9. The molecule has 0 bridgehead atoms. The average molecular weight is 363 g/mol. The SMILES string of the molecule is Cc1ccc(Nc2ncnc(Nc3ccc4c(c3)OCCO4)c2N)cc1C. The third-order valence-corrected chi connectivity index (χ3v) is 4.46. The molecule has 0 spiro atoms. The number of nitrogens with one attached hydrogen (secondary N) is 2. The highest BCUT2D eigenvalue weighted by Crippen LogP contribution is 2.35. The normalized spacial score (nSPS) is 12.5. The molecule has 4 rings (SSSR count). The van der Waals surface area contributed by atoms with Crippen molar-refractivity contribution in [3.63, 3.8) is 0 Å². The van der Waals surface area contributed by atoms with Crippen LogP contribution in [0, 0.1) is 13.8 Å². The molecule has 0 saturated carbocycles. The second-order valence-electron chi connectivity index (χ2n) is 6.39. The van der Waals surface area contributed by atoms with Crippen LogP contribution in [0.2, 0.25) is 0 Å². The van der Waals surface area contributed by atoms with E-state index in [1.807, 2.05) is 24.3 Å². The van der Waals surface area contributed by atoms with Crippen LogP contribution >= 0.6 is 0 Å². The first-order valence-corrected chi connectivity index (χ1v) is 8.71. The van der Waals surface area contributed by atoms with Crippen LogP contribution in [-0.2, 0) is 0 Å². The first kappa shape index (κ1) is 17.0. The molecular formula is C20H21N5O2. The van der Waals surface area contributed by atoms with E-state index in [1.165, 1.54) is 17.5 Å². The van der Waals surface area contributed by atoms with Crippen molar-refractivity contribution in [2.45, 2.75) is 13.8 Å². The van der Waals surface area contributed by atoms with Gasteiger partial charge in [-0.1, -0.05) is 6.07 Å². The number of hydrogen-bond donors (Lipinski definition) is 3. The minimum atomic E-state index is 0.436. The molecule has 0 fully saturated rings. The maximum Gasteiger partial charge on any atom is 0.163 e. The van der Waals surface area contributed by atoms with Crippen molar-refractivity contribution in [3.8, 4) is 11.5 Å². The Morgan fingerprint density at radius 1 is 0.815 bits per heavy atom. The summed E-state index contributed by atoms with van der Waals surface area (Å²) >= 11 is 0. The lowest BCUT2D eigenvalue weighted by Gasteiger charge is -2.19.